The minimum absolute atomic E-state index is 0.0744. The smallest absolute Gasteiger partial charge is 0.185 e. The molecule has 142 valence electrons. The van der Waals surface area contributed by atoms with Crippen molar-refractivity contribution in [2.75, 3.05) is 18.4 Å². The van der Waals surface area contributed by atoms with E-state index in [-0.39, 0.29) is 5.78 Å². The molecule has 0 spiro atoms. The number of fused-ring (bicyclic) bond motifs is 1. The first-order valence-electron chi connectivity index (χ1n) is 9.35. The Bertz CT molecular complexity index is 1040. The number of piperidine rings is 1. The van der Waals surface area contributed by atoms with Crippen molar-refractivity contribution >= 4 is 39.8 Å². The molecule has 1 aromatic heterocycles. The predicted octanol–water partition coefficient (Wildman–Crippen LogP) is 4.86. The molecule has 1 fully saturated rings. The van der Waals surface area contributed by atoms with Crippen LogP contribution >= 0.6 is 11.6 Å². The van der Waals surface area contributed by atoms with Gasteiger partial charge in [-0.2, -0.15) is 0 Å². The summed E-state index contributed by atoms with van der Waals surface area (Å²) < 4.78 is 0. The van der Waals surface area contributed by atoms with E-state index in [0.29, 0.717) is 27.8 Å². The molecular formula is C22H21ClN4O. The van der Waals surface area contributed by atoms with Crippen LogP contribution in [0.1, 0.15) is 34.7 Å². The Labute approximate surface area is 168 Å². The van der Waals surface area contributed by atoms with Crippen LogP contribution < -0.4 is 10.6 Å². The molecule has 0 amide bonds. The minimum atomic E-state index is -0.0744. The van der Waals surface area contributed by atoms with E-state index in [1.807, 2.05) is 30.3 Å². The van der Waals surface area contributed by atoms with Crippen molar-refractivity contribution in [2.45, 2.75) is 18.8 Å². The highest BCUT2D eigenvalue weighted by Gasteiger charge is 2.22. The summed E-state index contributed by atoms with van der Waals surface area (Å²) in [5.41, 5.74) is 3.21. The number of aromatic nitrogens is 2. The monoisotopic (exact) mass is 392 g/mol. The number of halogens is 1. The van der Waals surface area contributed by atoms with Crippen LogP contribution in [0.3, 0.4) is 0 Å². The van der Waals surface area contributed by atoms with Gasteiger partial charge in [-0.1, -0.05) is 30.3 Å². The van der Waals surface area contributed by atoms with Crippen molar-refractivity contribution in [1.29, 1.82) is 0 Å². The Balaban J connectivity index is 1.85. The Kier molecular flexibility index (Phi) is 5.37. The Morgan fingerprint density at radius 1 is 1.21 bits per heavy atom. The lowest BCUT2D eigenvalue weighted by molar-refractivity contribution is 0.104. The number of allylic oxidation sites excluding steroid dienone is 1. The van der Waals surface area contributed by atoms with Gasteiger partial charge in [0.2, 0.25) is 0 Å². The lowest BCUT2D eigenvalue weighted by Gasteiger charge is -2.25. The molecule has 1 aliphatic rings. The van der Waals surface area contributed by atoms with Crippen molar-refractivity contribution < 1.29 is 4.79 Å². The molecule has 6 heteroatoms. The number of nitrogens with one attached hydrogen (secondary N) is 2. The van der Waals surface area contributed by atoms with Crippen LogP contribution in [-0.4, -0.2) is 28.8 Å². The number of benzene rings is 2. The zero-order valence-electron chi connectivity index (χ0n) is 15.4. The highest BCUT2D eigenvalue weighted by molar-refractivity contribution is 6.33. The van der Waals surface area contributed by atoms with Gasteiger partial charge >= 0.3 is 0 Å². The maximum Gasteiger partial charge on any atom is 0.185 e. The molecule has 0 radical (unpaired) electrons. The average Bonchev–Trinajstić information content (AvgIpc) is 2.74. The Hall–Kier alpha value is -2.76. The number of para-hydroxylation sites is 1. The number of anilines is 2. The summed E-state index contributed by atoms with van der Waals surface area (Å²) in [7, 11) is 0. The van der Waals surface area contributed by atoms with Crippen LogP contribution in [-0.2, 0) is 0 Å². The van der Waals surface area contributed by atoms with E-state index in [4.69, 9.17) is 11.6 Å². The molecule has 5 nitrogen and oxygen atoms in total. The number of rotatable bonds is 5. The second-order valence-corrected chi connectivity index (χ2v) is 7.28. The lowest BCUT2D eigenvalue weighted by Crippen LogP contribution is -2.27. The fraction of sp³-hybridized carbons (Fsp3) is 0.227. The Morgan fingerprint density at radius 3 is 2.75 bits per heavy atom. The minimum Gasteiger partial charge on any atom is -0.338 e. The van der Waals surface area contributed by atoms with E-state index >= 15 is 0 Å². The lowest BCUT2D eigenvalue weighted by atomic mass is 9.85. The van der Waals surface area contributed by atoms with Crippen molar-refractivity contribution in [3.05, 3.63) is 71.5 Å². The van der Waals surface area contributed by atoms with E-state index in [2.05, 4.69) is 33.2 Å². The highest BCUT2D eigenvalue weighted by Crippen LogP contribution is 2.34. The van der Waals surface area contributed by atoms with Gasteiger partial charge in [0.05, 0.1) is 16.2 Å². The molecule has 0 saturated carbocycles. The summed E-state index contributed by atoms with van der Waals surface area (Å²) >= 11 is 6.30. The highest BCUT2D eigenvalue weighted by atomic mass is 35.5. The van der Waals surface area contributed by atoms with Crippen LogP contribution in [0, 0.1) is 0 Å². The first-order chi connectivity index (χ1) is 13.7. The van der Waals surface area contributed by atoms with Crippen LogP contribution in [0.5, 0.6) is 0 Å². The first kappa shape index (κ1) is 18.6. The SMILES string of the molecule is C=CC(=O)c1cc2ncnc(Nc3ccccc3Cl)c2cc1C1CCNCC1. The molecule has 0 bridgehead atoms. The number of nitrogens with zero attached hydrogens (tertiary/aromatic N) is 2. The van der Waals surface area contributed by atoms with Crippen LogP contribution in [0.2, 0.25) is 5.02 Å². The summed E-state index contributed by atoms with van der Waals surface area (Å²) in [5, 5.41) is 8.17. The summed E-state index contributed by atoms with van der Waals surface area (Å²) in [5.74, 6) is 0.915. The molecule has 0 atom stereocenters. The van der Waals surface area contributed by atoms with Gasteiger partial charge in [0.1, 0.15) is 12.1 Å². The van der Waals surface area contributed by atoms with E-state index in [9.17, 15) is 4.79 Å². The molecule has 4 rings (SSSR count). The third-order valence-corrected chi connectivity index (χ3v) is 5.49. The maximum absolute atomic E-state index is 12.5. The third-order valence-electron chi connectivity index (χ3n) is 5.16. The zero-order chi connectivity index (χ0) is 19.5. The topological polar surface area (TPSA) is 66.9 Å². The van der Waals surface area contributed by atoms with Gasteiger partial charge in [0.25, 0.3) is 0 Å². The zero-order valence-corrected chi connectivity index (χ0v) is 16.2. The third kappa shape index (κ3) is 3.63. The van der Waals surface area contributed by atoms with Gasteiger partial charge in [0, 0.05) is 10.9 Å². The molecular weight excluding hydrogens is 372 g/mol. The standard InChI is InChI=1S/C22H21ClN4O/c1-2-21(28)16-12-20-17(11-15(16)14-7-9-24-10-8-14)22(26-13-25-20)27-19-6-4-3-5-18(19)23/h2-6,11-14,24H,1,7-10H2,(H,25,26,27). The molecule has 0 aliphatic carbocycles. The Morgan fingerprint density at radius 2 is 2.00 bits per heavy atom. The van der Waals surface area contributed by atoms with Crippen LogP contribution in [0.25, 0.3) is 10.9 Å². The summed E-state index contributed by atoms with van der Waals surface area (Å²) in [6, 6.07) is 11.4. The van der Waals surface area contributed by atoms with Crippen molar-refractivity contribution in [3.63, 3.8) is 0 Å². The summed E-state index contributed by atoms with van der Waals surface area (Å²) in [6.45, 7) is 5.55. The number of ketones is 1. The van der Waals surface area contributed by atoms with Gasteiger partial charge < -0.3 is 10.6 Å². The van der Waals surface area contributed by atoms with Gasteiger partial charge in [-0.3, -0.25) is 4.79 Å². The van der Waals surface area contributed by atoms with Crippen molar-refractivity contribution in [1.82, 2.24) is 15.3 Å². The second-order valence-electron chi connectivity index (χ2n) is 6.88. The van der Waals surface area contributed by atoms with Gasteiger partial charge in [-0.25, -0.2) is 9.97 Å². The second kappa shape index (κ2) is 8.09. The van der Waals surface area contributed by atoms with Crippen molar-refractivity contribution in [2.24, 2.45) is 0 Å². The molecule has 28 heavy (non-hydrogen) atoms. The average molecular weight is 393 g/mol. The van der Waals surface area contributed by atoms with Crippen LogP contribution in [0.4, 0.5) is 11.5 Å². The van der Waals surface area contributed by atoms with E-state index in [0.717, 1.165) is 42.6 Å². The number of carbonyl (C=O) groups is 1. The number of hydrogen-bond acceptors (Lipinski definition) is 5. The fourth-order valence-electron chi connectivity index (χ4n) is 3.70. The summed E-state index contributed by atoms with van der Waals surface area (Å²) in [4.78, 5) is 21.3. The van der Waals surface area contributed by atoms with E-state index in [1.54, 1.807) is 0 Å². The fourth-order valence-corrected chi connectivity index (χ4v) is 3.89. The molecule has 1 aliphatic heterocycles. The van der Waals surface area contributed by atoms with E-state index < -0.39 is 0 Å². The van der Waals surface area contributed by atoms with Crippen molar-refractivity contribution in [3.8, 4) is 0 Å². The largest absolute Gasteiger partial charge is 0.338 e. The molecule has 0 unspecified atom stereocenters. The normalized spacial score (nSPS) is 14.8. The van der Waals surface area contributed by atoms with Gasteiger partial charge in [-0.05, 0) is 67.8 Å². The molecule has 2 heterocycles. The van der Waals surface area contributed by atoms with E-state index in [1.165, 1.54) is 12.4 Å². The number of hydrogen-bond donors (Lipinski definition) is 2. The number of carbonyl (C=O) groups excluding carboxylic acids is 1. The van der Waals surface area contributed by atoms with Gasteiger partial charge in [-0.15, -0.1) is 0 Å². The summed E-state index contributed by atoms with van der Waals surface area (Å²) in [6.07, 6.45) is 4.84. The van der Waals surface area contributed by atoms with Crippen LogP contribution in [0.15, 0.2) is 55.4 Å². The first-order valence-corrected chi connectivity index (χ1v) is 9.73. The predicted molar refractivity (Wildman–Crippen MR) is 114 cm³/mol. The quantitative estimate of drug-likeness (QED) is 0.479. The molecule has 1 saturated heterocycles. The molecule has 3 aromatic rings. The van der Waals surface area contributed by atoms with Gasteiger partial charge in [0.15, 0.2) is 5.78 Å². The molecule has 2 aromatic carbocycles. The molecule has 2 N–H and O–H groups in total. The maximum atomic E-state index is 12.5.